The Hall–Kier alpha value is -1.88. The third-order valence-electron chi connectivity index (χ3n) is 5.76. The van der Waals surface area contributed by atoms with Gasteiger partial charge in [-0.1, -0.05) is 6.07 Å². The summed E-state index contributed by atoms with van der Waals surface area (Å²) in [4.78, 5) is 4.75. The molecular formula is C24H37FIN5O2. The average molecular weight is 573 g/mol. The summed E-state index contributed by atoms with van der Waals surface area (Å²) in [5, 5.41) is 11.2. The van der Waals surface area contributed by atoms with Gasteiger partial charge in [0.25, 0.3) is 0 Å². The third kappa shape index (κ3) is 7.84. The molecule has 0 amide bonds. The zero-order chi connectivity index (χ0) is 23.1. The highest BCUT2D eigenvalue weighted by molar-refractivity contribution is 14.0. The van der Waals surface area contributed by atoms with E-state index in [2.05, 4.69) is 22.7 Å². The van der Waals surface area contributed by atoms with Gasteiger partial charge in [-0.15, -0.1) is 24.0 Å². The van der Waals surface area contributed by atoms with Crippen molar-refractivity contribution in [3.63, 3.8) is 0 Å². The lowest BCUT2D eigenvalue weighted by molar-refractivity contribution is 0.182. The van der Waals surface area contributed by atoms with Crippen LogP contribution < -0.4 is 15.4 Å². The number of aliphatic imine (C=N–C) groups is 1. The molecular weight excluding hydrogens is 536 g/mol. The molecule has 1 aliphatic carbocycles. The minimum atomic E-state index is -0.325. The van der Waals surface area contributed by atoms with Gasteiger partial charge in [0, 0.05) is 24.9 Å². The molecule has 7 nitrogen and oxygen atoms in total. The number of aromatic nitrogens is 2. The second-order valence-corrected chi connectivity index (χ2v) is 8.37. The van der Waals surface area contributed by atoms with Gasteiger partial charge in [-0.25, -0.2) is 9.38 Å². The van der Waals surface area contributed by atoms with Gasteiger partial charge in [0.05, 0.1) is 38.0 Å². The number of rotatable bonds is 11. The van der Waals surface area contributed by atoms with Gasteiger partial charge in [-0.3, -0.25) is 4.68 Å². The SMILES string of the molecule is CCNC(=NCc1c(C)nn(CCOC)c1C)NC(C)c1ccc(OCC2CC2)c(F)c1.I. The Kier molecular flexibility index (Phi) is 10.9. The van der Waals surface area contributed by atoms with E-state index in [1.807, 2.05) is 31.5 Å². The molecule has 1 heterocycles. The number of benzene rings is 1. The summed E-state index contributed by atoms with van der Waals surface area (Å²) in [6, 6.07) is 5.04. The smallest absolute Gasteiger partial charge is 0.192 e. The molecule has 1 aliphatic rings. The molecule has 0 radical (unpaired) electrons. The number of nitrogens with one attached hydrogen (secondary N) is 2. The maximum atomic E-state index is 14.5. The van der Waals surface area contributed by atoms with Crippen molar-refractivity contribution in [2.75, 3.05) is 26.9 Å². The van der Waals surface area contributed by atoms with E-state index >= 15 is 0 Å². The van der Waals surface area contributed by atoms with Crippen LogP contribution in [0.1, 0.15) is 55.2 Å². The van der Waals surface area contributed by atoms with E-state index < -0.39 is 0 Å². The van der Waals surface area contributed by atoms with Crippen molar-refractivity contribution >= 4 is 29.9 Å². The molecule has 0 aliphatic heterocycles. The number of aryl methyl sites for hydroxylation is 1. The first kappa shape index (κ1) is 27.4. The summed E-state index contributed by atoms with van der Waals surface area (Å²) in [7, 11) is 1.69. The summed E-state index contributed by atoms with van der Waals surface area (Å²) >= 11 is 0. The molecule has 3 rings (SSSR count). The van der Waals surface area contributed by atoms with Crippen molar-refractivity contribution in [1.82, 2.24) is 20.4 Å². The van der Waals surface area contributed by atoms with Crippen molar-refractivity contribution < 1.29 is 13.9 Å². The summed E-state index contributed by atoms with van der Waals surface area (Å²) in [5.74, 6) is 1.27. The Morgan fingerprint density at radius 3 is 2.73 bits per heavy atom. The molecule has 1 saturated carbocycles. The Morgan fingerprint density at radius 2 is 2.09 bits per heavy atom. The lowest BCUT2D eigenvalue weighted by atomic mass is 10.1. The predicted octanol–water partition coefficient (Wildman–Crippen LogP) is 4.51. The Balaban J connectivity index is 0.00000385. The van der Waals surface area contributed by atoms with E-state index in [9.17, 15) is 4.39 Å². The van der Waals surface area contributed by atoms with Crippen LogP contribution in [-0.4, -0.2) is 42.6 Å². The monoisotopic (exact) mass is 573 g/mol. The van der Waals surface area contributed by atoms with Gasteiger partial charge in [0.2, 0.25) is 0 Å². The summed E-state index contributed by atoms with van der Waals surface area (Å²) < 4.78 is 27.2. The molecule has 0 bridgehead atoms. The molecule has 33 heavy (non-hydrogen) atoms. The Morgan fingerprint density at radius 1 is 1.33 bits per heavy atom. The molecule has 184 valence electrons. The van der Waals surface area contributed by atoms with Gasteiger partial charge < -0.3 is 20.1 Å². The average Bonchev–Trinajstić information content (AvgIpc) is 3.55. The highest BCUT2D eigenvalue weighted by Gasteiger charge is 2.22. The molecule has 1 aromatic carbocycles. The Bertz CT molecular complexity index is 930. The second-order valence-electron chi connectivity index (χ2n) is 8.37. The highest BCUT2D eigenvalue weighted by atomic mass is 127. The molecule has 0 saturated heterocycles. The zero-order valence-electron chi connectivity index (χ0n) is 20.3. The topological polar surface area (TPSA) is 72.7 Å². The lowest BCUT2D eigenvalue weighted by Gasteiger charge is -2.19. The van der Waals surface area contributed by atoms with Crippen LogP contribution in [0.15, 0.2) is 23.2 Å². The number of hydrogen-bond acceptors (Lipinski definition) is 4. The van der Waals surface area contributed by atoms with E-state index in [0.29, 0.717) is 43.9 Å². The Labute approximate surface area is 213 Å². The van der Waals surface area contributed by atoms with Gasteiger partial charge in [-0.2, -0.15) is 5.10 Å². The molecule has 9 heteroatoms. The number of nitrogens with zero attached hydrogens (tertiary/aromatic N) is 3. The fourth-order valence-electron chi connectivity index (χ4n) is 3.52. The predicted molar refractivity (Wildman–Crippen MR) is 140 cm³/mol. The number of ether oxygens (including phenoxy) is 2. The van der Waals surface area contributed by atoms with Crippen LogP contribution in [0.2, 0.25) is 0 Å². The number of methoxy groups -OCH3 is 1. The lowest BCUT2D eigenvalue weighted by Crippen LogP contribution is -2.38. The largest absolute Gasteiger partial charge is 0.490 e. The minimum Gasteiger partial charge on any atom is -0.490 e. The standard InChI is InChI=1S/C24H36FN5O2.HI/c1-6-26-24(27-14-21-17(3)29-30(18(21)4)11-12-31-5)28-16(2)20-9-10-23(22(25)13-20)32-15-19-7-8-19;/h9-10,13,16,19H,6-8,11-12,14-15H2,1-5H3,(H2,26,27,28);1H. The molecule has 0 spiro atoms. The van der Waals surface area contributed by atoms with E-state index in [0.717, 1.165) is 29.1 Å². The van der Waals surface area contributed by atoms with Crippen LogP contribution in [0, 0.1) is 25.6 Å². The van der Waals surface area contributed by atoms with Crippen LogP contribution in [0.4, 0.5) is 4.39 Å². The number of guanidine groups is 1. The van der Waals surface area contributed by atoms with Crippen LogP contribution in [0.3, 0.4) is 0 Å². The molecule has 2 aromatic rings. The maximum Gasteiger partial charge on any atom is 0.192 e. The molecule has 1 atom stereocenters. The zero-order valence-corrected chi connectivity index (χ0v) is 22.6. The fourth-order valence-corrected chi connectivity index (χ4v) is 3.52. The molecule has 1 unspecified atom stereocenters. The molecule has 2 N–H and O–H groups in total. The third-order valence-corrected chi connectivity index (χ3v) is 5.76. The molecule has 1 aromatic heterocycles. The van der Waals surface area contributed by atoms with E-state index in [-0.39, 0.29) is 35.8 Å². The number of hydrogen-bond donors (Lipinski definition) is 2. The van der Waals surface area contributed by atoms with Crippen LogP contribution in [0.25, 0.3) is 0 Å². The first-order valence-electron chi connectivity index (χ1n) is 11.4. The minimum absolute atomic E-state index is 0. The van der Waals surface area contributed by atoms with Gasteiger partial charge in [-0.05, 0) is 64.2 Å². The van der Waals surface area contributed by atoms with E-state index in [1.165, 1.54) is 18.9 Å². The van der Waals surface area contributed by atoms with Crippen molar-refractivity contribution in [1.29, 1.82) is 0 Å². The van der Waals surface area contributed by atoms with Crippen LogP contribution in [0.5, 0.6) is 5.75 Å². The summed E-state index contributed by atoms with van der Waals surface area (Å²) in [5.41, 5.74) is 4.01. The summed E-state index contributed by atoms with van der Waals surface area (Å²) in [6.45, 7) is 11.2. The summed E-state index contributed by atoms with van der Waals surface area (Å²) in [6.07, 6.45) is 2.36. The first-order valence-corrected chi connectivity index (χ1v) is 11.4. The van der Waals surface area contributed by atoms with Crippen molar-refractivity contribution in [2.45, 2.75) is 59.7 Å². The highest BCUT2D eigenvalue weighted by Crippen LogP contribution is 2.30. The normalized spacial score (nSPS) is 14.5. The quantitative estimate of drug-likeness (QED) is 0.235. The first-order chi connectivity index (χ1) is 15.4. The van der Waals surface area contributed by atoms with Crippen LogP contribution >= 0.6 is 24.0 Å². The van der Waals surface area contributed by atoms with Crippen molar-refractivity contribution in [3.8, 4) is 5.75 Å². The van der Waals surface area contributed by atoms with Crippen molar-refractivity contribution in [2.24, 2.45) is 10.9 Å². The second kappa shape index (κ2) is 13.1. The van der Waals surface area contributed by atoms with Gasteiger partial charge in [0.15, 0.2) is 17.5 Å². The van der Waals surface area contributed by atoms with E-state index in [4.69, 9.17) is 14.5 Å². The van der Waals surface area contributed by atoms with Crippen LogP contribution in [-0.2, 0) is 17.8 Å². The van der Waals surface area contributed by atoms with Gasteiger partial charge >= 0.3 is 0 Å². The van der Waals surface area contributed by atoms with E-state index in [1.54, 1.807) is 13.2 Å². The molecule has 1 fully saturated rings. The van der Waals surface area contributed by atoms with Crippen molar-refractivity contribution in [3.05, 3.63) is 46.5 Å². The number of halogens is 2. The fraction of sp³-hybridized carbons (Fsp3) is 0.583. The van der Waals surface area contributed by atoms with Gasteiger partial charge in [0.1, 0.15) is 0 Å². The maximum absolute atomic E-state index is 14.5.